The highest BCUT2D eigenvalue weighted by Gasteiger charge is 2.09. The van der Waals surface area contributed by atoms with E-state index in [1.807, 2.05) is 13.0 Å². The van der Waals surface area contributed by atoms with Gasteiger partial charge in [-0.1, -0.05) is 29.3 Å². The molecule has 0 amide bonds. The molecule has 1 aromatic carbocycles. The molecule has 0 heterocycles. The molecule has 2 N–H and O–H groups in total. The Morgan fingerprint density at radius 1 is 1.28 bits per heavy atom. The van der Waals surface area contributed by atoms with Crippen molar-refractivity contribution in [3.05, 3.63) is 33.8 Å². The van der Waals surface area contributed by atoms with E-state index in [2.05, 4.69) is 10.0 Å². The molecule has 0 aliphatic rings. The van der Waals surface area contributed by atoms with Crippen molar-refractivity contribution < 1.29 is 8.42 Å². The second kappa shape index (κ2) is 6.73. The summed E-state index contributed by atoms with van der Waals surface area (Å²) in [5.41, 5.74) is 0.931. The molecule has 18 heavy (non-hydrogen) atoms. The fraction of sp³-hybridized carbons (Fsp3) is 0.455. The highest BCUT2D eigenvalue weighted by atomic mass is 35.5. The average Bonchev–Trinajstić information content (AvgIpc) is 2.22. The number of halogens is 2. The molecule has 0 spiro atoms. The van der Waals surface area contributed by atoms with Gasteiger partial charge in [-0.3, -0.25) is 0 Å². The first-order chi connectivity index (χ1) is 8.29. The van der Waals surface area contributed by atoms with Gasteiger partial charge in [-0.05, 0) is 24.6 Å². The smallest absolute Gasteiger partial charge is 0.208 e. The molecular weight excluding hydrogens is 295 g/mol. The van der Waals surface area contributed by atoms with Crippen LogP contribution in [0.2, 0.25) is 10.0 Å². The van der Waals surface area contributed by atoms with E-state index in [0.29, 0.717) is 23.1 Å². The number of hydrogen-bond acceptors (Lipinski definition) is 3. The minimum absolute atomic E-state index is 0.0242. The van der Waals surface area contributed by atoms with E-state index >= 15 is 0 Å². The molecule has 0 aliphatic heterocycles. The summed E-state index contributed by atoms with van der Waals surface area (Å²) in [6, 6.07) is 5.34. The first-order valence-corrected chi connectivity index (χ1v) is 8.07. The maximum absolute atomic E-state index is 10.9. The van der Waals surface area contributed by atoms with Crippen LogP contribution in [0, 0.1) is 0 Å². The minimum Gasteiger partial charge on any atom is -0.309 e. The number of nitrogens with one attached hydrogen (secondary N) is 2. The molecule has 0 saturated heterocycles. The molecule has 0 fully saturated rings. The highest BCUT2D eigenvalue weighted by molar-refractivity contribution is 7.88. The third kappa shape index (κ3) is 5.54. The Morgan fingerprint density at radius 3 is 2.50 bits per heavy atom. The molecule has 0 aliphatic carbocycles. The molecule has 4 nitrogen and oxygen atoms in total. The summed E-state index contributed by atoms with van der Waals surface area (Å²) in [5, 5.41) is 4.37. The zero-order valence-electron chi connectivity index (χ0n) is 10.2. The number of sulfonamides is 1. The van der Waals surface area contributed by atoms with Crippen LogP contribution in [0.1, 0.15) is 18.5 Å². The standard InChI is InChI=1S/C11H16Cl2N2O2S/c1-8(14-5-6-15-18(2,16)17)10-4-3-9(12)7-11(10)13/h3-4,7-8,14-15H,5-6H2,1-2H3. The van der Waals surface area contributed by atoms with Crippen molar-refractivity contribution in [2.45, 2.75) is 13.0 Å². The number of hydrogen-bond donors (Lipinski definition) is 2. The van der Waals surface area contributed by atoms with Gasteiger partial charge in [0.15, 0.2) is 0 Å². The van der Waals surface area contributed by atoms with Crippen LogP contribution in [-0.4, -0.2) is 27.8 Å². The second-order valence-electron chi connectivity index (χ2n) is 4.01. The molecule has 1 atom stereocenters. The Morgan fingerprint density at radius 2 is 1.94 bits per heavy atom. The van der Waals surface area contributed by atoms with Gasteiger partial charge in [0.25, 0.3) is 0 Å². The van der Waals surface area contributed by atoms with Gasteiger partial charge >= 0.3 is 0 Å². The van der Waals surface area contributed by atoms with Crippen LogP contribution in [0.15, 0.2) is 18.2 Å². The van der Waals surface area contributed by atoms with Gasteiger partial charge in [0.05, 0.1) is 6.26 Å². The van der Waals surface area contributed by atoms with Crippen LogP contribution < -0.4 is 10.0 Å². The summed E-state index contributed by atoms with van der Waals surface area (Å²) in [6.07, 6.45) is 1.13. The Hall–Kier alpha value is -0.330. The van der Waals surface area contributed by atoms with E-state index in [0.717, 1.165) is 11.8 Å². The summed E-state index contributed by atoms with van der Waals surface area (Å²) in [5.74, 6) is 0. The summed E-state index contributed by atoms with van der Waals surface area (Å²) >= 11 is 11.9. The van der Waals surface area contributed by atoms with Crippen molar-refractivity contribution >= 4 is 33.2 Å². The van der Waals surface area contributed by atoms with Crippen LogP contribution in [0.25, 0.3) is 0 Å². The third-order valence-corrected chi connectivity index (χ3v) is 3.66. The lowest BCUT2D eigenvalue weighted by Crippen LogP contribution is -2.32. The maximum atomic E-state index is 10.9. The number of benzene rings is 1. The first kappa shape index (κ1) is 15.7. The first-order valence-electron chi connectivity index (χ1n) is 5.42. The molecule has 1 unspecified atom stereocenters. The Labute approximate surface area is 118 Å². The lowest BCUT2D eigenvalue weighted by atomic mass is 10.1. The van der Waals surface area contributed by atoms with Crippen molar-refractivity contribution in [2.24, 2.45) is 0 Å². The summed E-state index contributed by atoms with van der Waals surface area (Å²) in [6.45, 7) is 2.82. The predicted molar refractivity (Wildman–Crippen MR) is 75.7 cm³/mol. The van der Waals surface area contributed by atoms with Crippen LogP contribution in [0.3, 0.4) is 0 Å². The van der Waals surface area contributed by atoms with E-state index in [-0.39, 0.29) is 6.04 Å². The Bertz CT molecular complexity index is 506. The van der Waals surface area contributed by atoms with Crippen LogP contribution in [0.5, 0.6) is 0 Å². The normalized spacial score (nSPS) is 13.6. The largest absolute Gasteiger partial charge is 0.309 e. The molecular formula is C11H16Cl2N2O2S. The zero-order valence-corrected chi connectivity index (χ0v) is 12.5. The lowest BCUT2D eigenvalue weighted by Gasteiger charge is -2.15. The van der Waals surface area contributed by atoms with Gasteiger partial charge in [-0.2, -0.15) is 0 Å². The molecule has 0 bridgehead atoms. The van der Waals surface area contributed by atoms with Gasteiger partial charge in [-0.15, -0.1) is 0 Å². The fourth-order valence-electron chi connectivity index (χ4n) is 1.49. The van der Waals surface area contributed by atoms with Gasteiger partial charge in [0.1, 0.15) is 0 Å². The number of rotatable bonds is 6. The summed E-state index contributed by atoms with van der Waals surface area (Å²) < 4.78 is 24.1. The van der Waals surface area contributed by atoms with Crippen LogP contribution in [-0.2, 0) is 10.0 Å². The predicted octanol–water partition coefficient (Wildman–Crippen LogP) is 2.19. The van der Waals surface area contributed by atoms with Gasteiger partial charge in [0, 0.05) is 29.2 Å². The van der Waals surface area contributed by atoms with Crippen molar-refractivity contribution in [1.29, 1.82) is 0 Å². The van der Waals surface area contributed by atoms with E-state index < -0.39 is 10.0 Å². The zero-order chi connectivity index (χ0) is 13.8. The molecule has 0 radical (unpaired) electrons. The second-order valence-corrected chi connectivity index (χ2v) is 6.68. The molecule has 1 aromatic rings. The monoisotopic (exact) mass is 310 g/mol. The topological polar surface area (TPSA) is 58.2 Å². The Balaban J connectivity index is 2.48. The SMILES string of the molecule is CC(NCCNS(C)(=O)=O)c1ccc(Cl)cc1Cl. The Kier molecular flexibility index (Phi) is 5.88. The lowest BCUT2D eigenvalue weighted by molar-refractivity contribution is 0.556. The molecule has 1 rings (SSSR count). The van der Waals surface area contributed by atoms with E-state index in [4.69, 9.17) is 23.2 Å². The molecule has 7 heteroatoms. The van der Waals surface area contributed by atoms with E-state index in [1.54, 1.807) is 12.1 Å². The van der Waals surface area contributed by atoms with Gasteiger partial charge in [-0.25, -0.2) is 13.1 Å². The van der Waals surface area contributed by atoms with Crippen molar-refractivity contribution in [3.8, 4) is 0 Å². The van der Waals surface area contributed by atoms with E-state index in [9.17, 15) is 8.42 Å². The third-order valence-electron chi connectivity index (χ3n) is 2.37. The average molecular weight is 311 g/mol. The van der Waals surface area contributed by atoms with Crippen molar-refractivity contribution in [1.82, 2.24) is 10.0 Å². The van der Waals surface area contributed by atoms with Crippen LogP contribution in [0.4, 0.5) is 0 Å². The van der Waals surface area contributed by atoms with Crippen molar-refractivity contribution in [2.75, 3.05) is 19.3 Å². The van der Waals surface area contributed by atoms with Crippen molar-refractivity contribution in [3.63, 3.8) is 0 Å². The van der Waals surface area contributed by atoms with E-state index in [1.165, 1.54) is 0 Å². The molecule has 102 valence electrons. The summed E-state index contributed by atoms with van der Waals surface area (Å²) in [7, 11) is -3.13. The quantitative estimate of drug-likeness (QED) is 0.792. The summed E-state index contributed by atoms with van der Waals surface area (Å²) in [4.78, 5) is 0. The minimum atomic E-state index is -3.13. The van der Waals surface area contributed by atoms with Gasteiger partial charge < -0.3 is 5.32 Å². The fourth-order valence-corrected chi connectivity index (χ4v) is 2.53. The molecule has 0 saturated carbocycles. The maximum Gasteiger partial charge on any atom is 0.208 e. The van der Waals surface area contributed by atoms with Crippen LogP contribution >= 0.6 is 23.2 Å². The molecule has 0 aromatic heterocycles. The van der Waals surface area contributed by atoms with Gasteiger partial charge in [0.2, 0.25) is 10.0 Å². The highest BCUT2D eigenvalue weighted by Crippen LogP contribution is 2.25.